The van der Waals surface area contributed by atoms with Crippen molar-refractivity contribution in [1.82, 2.24) is 0 Å². The number of phenolic OH excluding ortho intramolecular Hbond substituents is 2. The second-order valence-electron chi connectivity index (χ2n) is 3.68. The fourth-order valence-corrected chi connectivity index (χ4v) is 1.66. The molecule has 2 aromatic rings. The molecule has 2 rings (SSSR count). The number of benzene rings is 2. The van der Waals surface area contributed by atoms with E-state index < -0.39 is 0 Å². The van der Waals surface area contributed by atoms with E-state index >= 15 is 0 Å². The fourth-order valence-electron chi connectivity index (χ4n) is 1.66. The van der Waals surface area contributed by atoms with Crippen molar-refractivity contribution >= 4 is 0 Å². The molecular formula is C14H13O4. The lowest BCUT2D eigenvalue weighted by molar-refractivity contribution is 0.407. The summed E-state index contributed by atoms with van der Waals surface area (Å²) in [7, 11) is 3.04. The average Bonchev–Trinajstić information content (AvgIpc) is 2.39. The van der Waals surface area contributed by atoms with E-state index in [1.165, 1.54) is 26.4 Å². The predicted octanol–water partition coefficient (Wildman–Crippen LogP) is 2.58. The Morgan fingerprint density at radius 3 is 2.28 bits per heavy atom. The van der Waals surface area contributed by atoms with E-state index in [4.69, 9.17) is 9.47 Å². The molecular weight excluding hydrogens is 232 g/mol. The van der Waals surface area contributed by atoms with Gasteiger partial charge in [0.1, 0.15) is 23.0 Å². The zero-order valence-corrected chi connectivity index (χ0v) is 10.1. The zero-order valence-electron chi connectivity index (χ0n) is 10.1. The van der Waals surface area contributed by atoms with E-state index in [0.717, 1.165) is 0 Å². The van der Waals surface area contributed by atoms with Crippen molar-refractivity contribution < 1.29 is 19.7 Å². The molecule has 18 heavy (non-hydrogen) atoms. The number of hydrogen-bond acceptors (Lipinski definition) is 4. The summed E-state index contributed by atoms with van der Waals surface area (Å²) in [5.74, 6) is 1.07. The van der Waals surface area contributed by atoms with Crippen molar-refractivity contribution in [3.63, 3.8) is 0 Å². The number of ether oxygens (including phenoxy) is 2. The molecule has 0 saturated carbocycles. The van der Waals surface area contributed by atoms with Gasteiger partial charge in [-0.1, -0.05) is 0 Å². The Morgan fingerprint density at radius 2 is 1.67 bits per heavy atom. The quantitative estimate of drug-likeness (QED) is 0.872. The largest absolute Gasteiger partial charge is 0.507 e. The number of phenols is 2. The van der Waals surface area contributed by atoms with Crippen molar-refractivity contribution in [2.45, 2.75) is 0 Å². The third kappa shape index (κ3) is 2.18. The monoisotopic (exact) mass is 245 g/mol. The summed E-state index contributed by atoms with van der Waals surface area (Å²) >= 11 is 0. The van der Waals surface area contributed by atoms with Crippen LogP contribution in [-0.4, -0.2) is 24.4 Å². The molecule has 0 spiro atoms. The second kappa shape index (κ2) is 4.87. The van der Waals surface area contributed by atoms with Crippen molar-refractivity contribution in [2.24, 2.45) is 0 Å². The molecule has 0 aromatic heterocycles. The first-order valence-electron chi connectivity index (χ1n) is 5.31. The average molecular weight is 245 g/mol. The third-order valence-corrected chi connectivity index (χ3v) is 2.62. The Labute approximate surface area is 105 Å². The second-order valence-corrected chi connectivity index (χ2v) is 3.68. The van der Waals surface area contributed by atoms with Gasteiger partial charge in [0, 0.05) is 23.3 Å². The normalized spacial score (nSPS) is 10.1. The first-order valence-corrected chi connectivity index (χ1v) is 5.31. The lowest BCUT2D eigenvalue weighted by Crippen LogP contribution is -1.87. The minimum Gasteiger partial charge on any atom is -0.507 e. The summed E-state index contributed by atoms with van der Waals surface area (Å²) in [4.78, 5) is 0. The fraction of sp³-hybridized carbons (Fsp3) is 0.143. The molecule has 0 saturated heterocycles. The van der Waals surface area contributed by atoms with Crippen LogP contribution in [0.25, 0.3) is 11.1 Å². The molecule has 0 unspecified atom stereocenters. The van der Waals surface area contributed by atoms with Gasteiger partial charge in [0.2, 0.25) is 0 Å². The molecule has 0 fully saturated rings. The van der Waals surface area contributed by atoms with E-state index in [1.54, 1.807) is 18.2 Å². The number of aromatic hydroxyl groups is 2. The number of hydrogen-bond donors (Lipinski definition) is 2. The Morgan fingerprint density at radius 1 is 0.944 bits per heavy atom. The maximum Gasteiger partial charge on any atom is 0.131 e. The summed E-state index contributed by atoms with van der Waals surface area (Å²) in [6.45, 7) is 0. The summed E-state index contributed by atoms with van der Waals surface area (Å²) in [5.41, 5.74) is 0.943. The van der Waals surface area contributed by atoms with Gasteiger partial charge in [0.25, 0.3) is 0 Å². The van der Waals surface area contributed by atoms with Gasteiger partial charge >= 0.3 is 0 Å². The maximum absolute atomic E-state index is 9.92. The summed E-state index contributed by atoms with van der Waals surface area (Å²) < 4.78 is 10.1. The van der Waals surface area contributed by atoms with Crippen LogP contribution in [0, 0.1) is 6.07 Å². The van der Waals surface area contributed by atoms with E-state index in [9.17, 15) is 10.2 Å². The number of rotatable bonds is 3. The molecule has 93 valence electrons. The van der Waals surface area contributed by atoms with Crippen LogP contribution >= 0.6 is 0 Å². The standard InChI is InChI=1S/C14H13O4/c1-17-9-4-6-13(15)12(7-9)11-5-3-10(18-2)8-14(11)16/h3-5,7-8,15-16H,1-2H3. The highest BCUT2D eigenvalue weighted by Crippen LogP contribution is 2.38. The molecule has 0 bridgehead atoms. The summed E-state index contributed by atoms with van der Waals surface area (Å²) in [6.07, 6.45) is 0. The van der Waals surface area contributed by atoms with Crippen molar-refractivity contribution in [3.05, 3.63) is 36.4 Å². The molecule has 0 aliphatic carbocycles. The van der Waals surface area contributed by atoms with Crippen molar-refractivity contribution in [3.8, 4) is 34.1 Å². The molecule has 1 radical (unpaired) electrons. The van der Waals surface area contributed by atoms with Crippen LogP contribution in [0.15, 0.2) is 30.3 Å². The van der Waals surface area contributed by atoms with Gasteiger partial charge in [0.05, 0.1) is 14.2 Å². The van der Waals surface area contributed by atoms with Crippen LogP contribution in [0.1, 0.15) is 0 Å². The zero-order chi connectivity index (χ0) is 13.1. The van der Waals surface area contributed by atoms with Crippen LogP contribution in [-0.2, 0) is 0 Å². The minimum absolute atomic E-state index is 0.0197. The van der Waals surface area contributed by atoms with Gasteiger partial charge in [0.15, 0.2) is 0 Å². The molecule has 0 amide bonds. The van der Waals surface area contributed by atoms with Crippen LogP contribution in [0.5, 0.6) is 23.0 Å². The highest BCUT2D eigenvalue weighted by Gasteiger charge is 2.11. The van der Waals surface area contributed by atoms with E-state index in [-0.39, 0.29) is 11.5 Å². The van der Waals surface area contributed by atoms with Crippen LogP contribution < -0.4 is 9.47 Å². The Kier molecular flexibility index (Phi) is 3.28. The summed E-state index contributed by atoms with van der Waals surface area (Å²) in [6, 6.07) is 10.7. The Balaban J connectivity index is 2.54. The first-order chi connectivity index (χ1) is 8.65. The van der Waals surface area contributed by atoms with Crippen LogP contribution in [0.3, 0.4) is 0 Å². The van der Waals surface area contributed by atoms with Gasteiger partial charge < -0.3 is 19.7 Å². The van der Waals surface area contributed by atoms with Gasteiger partial charge in [-0.05, 0) is 24.3 Å². The van der Waals surface area contributed by atoms with Crippen molar-refractivity contribution in [1.29, 1.82) is 0 Å². The van der Waals surface area contributed by atoms with E-state index in [0.29, 0.717) is 22.6 Å². The van der Waals surface area contributed by atoms with Gasteiger partial charge in [-0.3, -0.25) is 0 Å². The molecule has 0 aliphatic heterocycles. The molecule has 4 nitrogen and oxygen atoms in total. The lowest BCUT2D eigenvalue weighted by atomic mass is 10.0. The third-order valence-electron chi connectivity index (χ3n) is 2.62. The minimum atomic E-state index is -0.0451. The summed E-state index contributed by atoms with van der Waals surface area (Å²) in [5, 5.41) is 19.7. The van der Waals surface area contributed by atoms with Gasteiger partial charge in [-0.25, -0.2) is 0 Å². The molecule has 0 heterocycles. The van der Waals surface area contributed by atoms with Crippen molar-refractivity contribution in [2.75, 3.05) is 14.2 Å². The molecule has 0 aliphatic rings. The highest BCUT2D eigenvalue weighted by atomic mass is 16.5. The topological polar surface area (TPSA) is 58.9 Å². The number of methoxy groups -OCH3 is 2. The first kappa shape index (κ1) is 12.1. The van der Waals surface area contributed by atoms with Gasteiger partial charge in [-0.2, -0.15) is 0 Å². The molecule has 0 atom stereocenters. The Bertz CT molecular complexity index is 564. The Hall–Kier alpha value is -2.36. The SMILES string of the molecule is COc1ccc(-c2cc(OC)c[c]c2O)c(O)c1. The lowest BCUT2D eigenvalue weighted by Gasteiger charge is -2.10. The molecule has 2 N–H and O–H groups in total. The van der Waals surface area contributed by atoms with E-state index in [1.807, 2.05) is 0 Å². The maximum atomic E-state index is 9.92. The molecule has 4 heteroatoms. The smallest absolute Gasteiger partial charge is 0.131 e. The molecule has 2 aromatic carbocycles. The van der Waals surface area contributed by atoms with E-state index in [2.05, 4.69) is 6.07 Å². The van der Waals surface area contributed by atoms with Crippen LogP contribution in [0.2, 0.25) is 0 Å². The predicted molar refractivity (Wildman–Crippen MR) is 67.1 cm³/mol. The van der Waals surface area contributed by atoms with Crippen LogP contribution in [0.4, 0.5) is 0 Å². The van der Waals surface area contributed by atoms with Gasteiger partial charge in [-0.15, -0.1) is 0 Å². The highest BCUT2D eigenvalue weighted by molar-refractivity contribution is 5.76.